The summed E-state index contributed by atoms with van der Waals surface area (Å²) in [4.78, 5) is 10.6. The van der Waals surface area contributed by atoms with Gasteiger partial charge in [0.15, 0.2) is 0 Å². The third kappa shape index (κ3) is 3.21. The molecule has 7 heteroatoms. The van der Waals surface area contributed by atoms with E-state index in [0.29, 0.717) is 0 Å². The average molecular weight is 273 g/mol. The highest BCUT2D eigenvalue weighted by Crippen LogP contribution is 2.24. The van der Waals surface area contributed by atoms with E-state index < -0.39 is 22.0 Å². The van der Waals surface area contributed by atoms with Gasteiger partial charge in [0.2, 0.25) is 10.0 Å². The van der Waals surface area contributed by atoms with E-state index in [9.17, 15) is 13.2 Å². The van der Waals surface area contributed by atoms with Crippen LogP contribution in [0.3, 0.4) is 0 Å². The molecule has 0 bridgehead atoms. The predicted octanol–water partition coefficient (Wildman–Crippen LogP) is 0.755. The molecule has 1 atom stereocenters. The zero-order valence-electron chi connectivity index (χ0n) is 10.3. The summed E-state index contributed by atoms with van der Waals surface area (Å²) >= 11 is 0. The number of aliphatic carboxylic acids is 1. The second-order valence-electron chi connectivity index (χ2n) is 3.84. The van der Waals surface area contributed by atoms with Crippen molar-refractivity contribution in [3.63, 3.8) is 0 Å². The maximum absolute atomic E-state index is 12.0. The summed E-state index contributed by atoms with van der Waals surface area (Å²) in [5, 5.41) is 8.72. The van der Waals surface area contributed by atoms with E-state index in [0.717, 1.165) is 5.56 Å². The van der Waals surface area contributed by atoms with Crippen molar-refractivity contribution < 1.29 is 23.1 Å². The van der Waals surface area contributed by atoms with Gasteiger partial charge in [-0.25, -0.2) is 8.42 Å². The van der Waals surface area contributed by atoms with Crippen LogP contribution in [0.2, 0.25) is 0 Å². The van der Waals surface area contributed by atoms with E-state index in [4.69, 9.17) is 9.84 Å². The van der Waals surface area contributed by atoms with E-state index in [1.165, 1.54) is 26.2 Å². The fourth-order valence-electron chi connectivity index (χ4n) is 1.34. The van der Waals surface area contributed by atoms with Crippen LogP contribution in [0, 0.1) is 6.92 Å². The normalized spacial score (nSPS) is 13.1. The molecule has 0 aliphatic carbocycles. The Hall–Kier alpha value is -1.60. The first-order valence-electron chi connectivity index (χ1n) is 5.17. The Balaban J connectivity index is 3.19. The number of aryl methyl sites for hydroxylation is 1. The molecule has 0 saturated heterocycles. The minimum atomic E-state index is -3.93. The van der Waals surface area contributed by atoms with Crippen LogP contribution in [0.4, 0.5) is 0 Å². The Bertz CT molecular complexity index is 553. The minimum absolute atomic E-state index is 0.0712. The number of carboxylic acids is 1. The third-order valence-electron chi connectivity index (χ3n) is 2.31. The van der Waals surface area contributed by atoms with Crippen LogP contribution in [0.5, 0.6) is 5.75 Å². The van der Waals surface area contributed by atoms with Gasteiger partial charge in [0.25, 0.3) is 0 Å². The quantitative estimate of drug-likeness (QED) is 0.826. The predicted molar refractivity (Wildman–Crippen MR) is 65.2 cm³/mol. The highest BCUT2D eigenvalue weighted by Gasteiger charge is 2.24. The molecule has 18 heavy (non-hydrogen) atoms. The second kappa shape index (κ2) is 5.36. The van der Waals surface area contributed by atoms with Crippen molar-refractivity contribution in [2.75, 3.05) is 7.11 Å². The van der Waals surface area contributed by atoms with Gasteiger partial charge in [0.1, 0.15) is 16.7 Å². The van der Waals surface area contributed by atoms with Crippen LogP contribution >= 0.6 is 0 Å². The standard InChI is InChI=1S/C11H15NO5S/c1-7-4-5-9(17-3)10(6-7)18(15,16)12-8(2)11(13)14/h4-6,8,12H,1-3H3,(H,13,14). The molecule has 0 aliphatic rings. The van der Waals surface area contributed by atoms with Crippen molar-refractivity contribution >= 4 is 16.0 Å². The summed E-state index contributed by atoms with van der Waals surface area (Å²) < 4.78 is 31.1. The summed E-state index contributed by atoms with van der Waals surface area (Å²) in [5.74, 6) is -1.07. The van der Waals surface area contributed by atoms with E-state index in [2.05, 4.69) is 4.72 Å². The van der Waals surface area contributed by atoms with Gasteiger partial charge in [0.05, 0.1) is 7.11 Å². The second-order valence-corrected chi connectivity index (χ2v) is 5.52. The Morgan fingerprint density at radius 2 is 2.06 bits per heavy atom. The first kappa shape index (κ1) is 14.5. The Kier molecular flexibility index (Phi) is 4.31. The Labute approximate surface area is 106 Å². The highest BCUT2D eigenvalue weighted by molar-refractivity contribution is 7.89. The average Bonchev–Trinajstić information content (AvgIpc) is 2.28. The van der Waals surface area contributed by atoms with Crippen LogP contribution in [-0.4, -0.2) is 32.6 Å². The molecule has 6 nitrogen and oxygen atoms in total. The molecule has 0 heterocycles. The van der Waals surface area contributed by atoms with Gasteiger partial charge in [-0.05, 0) is 31.5 Å². The van der Waals surface area contributed by atoms with Crippen molar-refractivity contribution in [3.8, 4) is 5.75 Å². The molecule has 0 spiro atoms. The molecule has 1 aromatic carbocycles. The van der Waals surface area contributed by atoms with E-state index in [1.807, 2.05) is 0 Å². The first-order valence-corrected chi connectivity index (χ1v) is 6.66. The lowest BCUT2D eigenvalue weighted by atomic mass is 10.2. The zero-order valence-corrected chi connectivity index (χ0v) is 11.1. The van der Waals surface area contributed by atoms with Gasteiger partial charge in [-0.1, -0.05) is 6.07 Å². The van der Waals surface area contributed by atoms with Gasteiger partial charge in [0, 0.05) is 0 Å². The molecule has 0 amide bonds. The van der Waals surface area contributed by atoms with Crippen LogP contribution in [0.1, 0.15) is 12.5 Å². The number of methoxy groups -OCH3 is 1. The van der Waals surface area contributed by atoms with Crippen molar-refractivity contribution in [1.29, 1.82) is 0 Å². The van der Waals surface area contributed by atoms with Crippen LogP contribution < -0.4 is 9.46 Å². The zero-order chi connectivity index (χ0) is 13.9. The largest absolute Gasteiger partial charge is 0.495 e. The molecule has 2 N–H and O–H groups in total. The summed E-state index contributed by atoms with van der Waals surface area (Å²) in [7, 11) is -2.57. The van der Waals surface area contributed by atoms with E-state index >= 15 is 0 Å². The number of carboxylic acid groups (broad SMARTS) is 1. The van der Waals surface area contributed by atoms with E-state index in [1.54, 1.807) is 13.0 Å². The Morgan fingerprint density at radius 1 is 1.44 bits per heavy atom. The Morgan fingerprint density at radius 3 is 2.56 bits per heavy atom. The molecule has 0 fully saturated rings. The topological polar surface area (TPSA) is 92.7 Å². The van der Waals surface area contributed by atoms with Crippen molar-refractivity contribution in [2.45, 2.75) is 24.8 Å². The van der Waals surface area contributed by atoms with Crippen molar-refractivity contribution in [2.24, 2.45) is 0 Å². The molecular formula is C11H15NO5S. The van der Waals surface area contributed by atoms with Crippen molar-refractivity contribution in [3.05, 3.63) is 23.8 Å². The molecule has 1 aromatic rings. The molecular weight excluding hydrogens is 258 g/mol. The lowest BCUT2D eigenvalue weighted by Gasteiger charge is -2.13. The van der Waals surface area contributed by atoms with Crippen LogP contribution in [-0.2, 0) is 14.8 Å². The third-order valence-corrected chi connectivity index (χ3v) is 3.87. The summed E-state index contributed by atoms with van der Waals surface area (Å²) in [6.45, 7) is 2.99. The minimum Gasteiger partial charge on any atom is -0.495 e. The molecule has 0 saturated carbocycles. The molecule has 0 aromatic heterocycles. The summed E-state index contributed by atoms with van der Waals surface area (Å²) in [5.41, 5.74) is 0.735. The van der Waals surface area contributed by atoms with E-state index in [-0.39, 0.29) is 10.6 Å². The maximum Gasteiger partial charge on any atom is 0.321 e. The molecule has 1 unspecified atom stereocenters. The number of hydrogen-bond donors (Lipinski definition) is 2. The molecule has 100 valence electrons. The fourth-order valence-corrected chi connectivity index (χ4v) is 2.79. The number of rotatable bonds is 5. The number of hydrogen-bond acceptors (Lipinski definition) is 4. The first-order chi connectivity index (χ1) is 8.27. The fraction of sp³-hybridized carbons (Fsp3) is 0.364. The number of nitrogens with one attached hydrogen (secondary N) is 1. The molecule has 0 radical (unpaired) electrons. The summed E-state index contributed by atoms with van der Waals surface area (Å²) in [6, 6.07) is 3.45. The number of ether oxygens (including phenoxy) is 1. The molecule has 0 aliphatic heterocycles. The van der Waals surface area contributed by atoms with Crippen LogP contribution in [0.25, 0.3) is 0 Å². The van der Waals surface area contributed by atoms with Gasteiger partial charge < -0.3 is 9.84 Å². The van der Waals surface area contributed by atoms with Gasteiger partial charge in [-0.15, -0.1) is 0 Å². The van der Waals surface area contributed by atoms with Gasteiger partial charge in [-0.2, -0.15) is 4.72 Å². The number of carbonyl (C=O) groups is 1. The highest BCUT2D eigenvalue weighted by atomic mass is 32.2. The monoisotopic (exact) mass is 273 g/mol. The summed E-state index contributed by atoms with van der Waals surface area (Å²) in [6.07, 6.45) is 0. The lowest BCUT2D eigenvalue weighted by Crippen LogP contribution is -2.38. The van der Waals surface area contributed by atoms with Gasteiger partial charge >= 0.3 is 5.97 Å². The molecule has 1 rings (SSSR count). The smallest absolute Gasteiger partial charge is 0.321 e. The SMILES string of the molecule is COc1ccc(C)cc1S(=O)(=O)NC(C)C(=O)O. The van der Waals surface area contributed by atoms with Gasteiger partial charge in [-0.3, -0.25) is 4.79 Å². The maximum atomic E-state index is 12.0. The van der Waals surface area contributed by atoms with Crippen molar-refractivity contribution in [1.82, 2.24) is 4.72 Å². The van der Waals surface area contributed by atoms with Crippen LogP contribution in [0.15, 0.2) is 23.1 Å². The number of sulfonamides is 1. The number of benzene rings is 1. The lowest BCUT2D eigenvalue weighted by molar-refractivity contribution is -0.138.